The van der Waals surface area contributed by atoms with Crippen molar-refractivity contribution >= 4 is 18.1 Å². The fraction of sp³-hybridized carbons (Fsp3) is 0. The molecule has 0 spiro atoms. The first kappa shape index (κ1) is 11.1. The van der Waals surface area contributed by atoms with Gasteiger partial charge < -0.3 is 4.57 Å². The largest absolute Gasteiger partial charge is 0.324 e. The summed E-state index contributed by atoms with van der Waals surface area (Å²) in [4.78, 5) is 11.8. The SMILES string of the molecule is C=Cn1cccc1/C=C/C(=O)c1ccccc1. The Hall–Kier alpha value is -2.35. The highest BCUT2D eigenvalue weighted by molar-refractivity contribution is 6.06. The van der Waals surface area contributed by atoms with Crippen LogP contribution >= 0.6 is 0 Å². The summed E-state index contributed by atoms with van der Waals surface area (Å²) in [6, 6.07) is 13.0. The van der Waals surface area contributed by atoms with Gasteiger partial charge in [-0.3, -0.25) is 4.79 Å². The van der Waals surface area contributed by atoms with E-state index in [4.69, 9.17) is 0 Å². The van der Waals surface area contributed by atoms with Crippen molar-refractivity contribution in [2.75, 3.05) is 0 Å². The first-order chi connectivity index (χ1) is 8.31. The van der Waals surface area contributed by atoms with E-state index in [-0.39, 0.29) is 5.78 Å². The first-order valence-corrected chi connectivity index (χ1v) is 5.38. The summed E-state index contributed by atoms with van der Waals surface area (Å²) < 4.78 is 1.86. The Morgan fingerprint density at radius 2 is 1.88 bits per heavy atom. The molecule has 0 N–H and O–H groups in total. The Morgan fingerprint density at radius 3 is 2.59 bits per heavy atom. The second-order valence-electron chi connectivity index (χ2n) is 3.59. The highest BCUT2D eigenvalue weighted by Crippen LogP contribution is 2.07. The molecule has 0 fully saturated rings. The maximum atomic E-state index is 11.8. The lowest BCUT2D eigenvalue weighted by Crippen LogP contribution is -1.93. The van der Waals surface area contributed by atoms with Crippen molar-refractivity contribution in [1.29, 1.82) is 0 Å². The number of hydrogen-bond acceptors (Lipinski definition) is 1. The van der Waals surface area contributed by atoms with Crippen LogP contribution in [-0.4, -0.2) is 10.4 Å². The summed E-state index contributed by atoms with van der Waals surface area (Å²) in [5, 5.41) is 0. The molecule has 0 aliphatic rings. The first-order valence-electron chi connectivity index (χ1n) is 5.38. The Kier molecular flexibility index (Phi) is 3.36. The maximum absolute atomic E-state index is 11.8. The van der Waals surface area contributed by atoms with E-state index in [1.807, 2.05) is 41.1 Å². The van der Waals surface area contributed by atoms with Crippen LogP contribution in [0.25, 0.3) is 12.3 Å². The van der Waals surface area contributed by atoms with Crippen molar-refractivity contribution < 1.29 is 4.79 Å². The number of carbonyl (C=O) groups excluding carboxylic acids is 1. The number of carbonyl (C=O) groups is 1. The normalized spacial score (nSPS) is 10.6. The van der Waals surface area contributed by atoms with Crippen molar-refractivity contribution in [2.24, 2.45) is 0 Å². The molecular weight excluding hydrogens is 210 g/mol. The minimum Gasteiger partial charge on any atom is -0.324 e. The zero-order chi connectivity index (χ0) is 12.1. The van der Waals surface area contributed by atoms with Crippen molar-refractivity contribution in [3.63, 3.8) is 0 Å². The number of benzene rings is 1. The molecule has 0 aliphatic heterocycles. The van der Waals surface area contributed by atoms with Gasteiger partial charge in [0.2, 0.25) is 0 Å². The van der Waals surface area contributed by atoms with Crippen LogP contribution in [0.3, 0.4) is 0 Å². The van der Waals surface area contributed by atoms with Crippen LogP contribution in [0.2, 0.25) is 0 Å². The third kappa shape index (κ3) is 2.61. The highest BCUT2D eigenvalue weighted by atomic mass is 16.1. The fourth-order valence-electron chi connectivity index (χ4n) is 1.57. The Bertz CT molecular complexity index is 549. The third-order valence-electron chi connectivity index (χ3n) is 2.47. The number of hydrogen-bond donors (Lipinski definition) is 0. The summed E-state index contributed by atoms with van der Waals surface area (Å²) in [5.74, 6) is 0.00223. The molecule has 1 aromatic heterocycles. The Labute approximate surface area is 101 Å². The number of ketones is 1. The average Bonchev–Trinajstić information content (AvgIpc) is 2.84. The molecule has 0 radical (unpaired) electrons. The number of nitrogens with zero attached hydrogens (tertiary/aromatic N) is 1. The predicted octanol–water partition coefficient (Wildman–Crippen LogP) is 3.48. The van der Waals surface area contributed by atoms with E-state index in [9.17, 15) is 4.79 Å². The summed E-state index contributed by atoms with van der Waals surface area (Å²) in [6.07, 6.45) is 6.95. The van der Waals surface area contributed by atoms with Crippen molar-refractivity contribution in [1.82, 2.24) is 4.57 Å². The van der Waals surface area contributed by atoms with Gasteiger partial charge in [0.05, 0.1) is 0 Å². The second kappa shape index (κ2) is 5.12. The number of rotatable bonds is 4. The molecule has 2 rings (SSSR count). The van der Waals surface area contributed by atoms with Gasteiger partial charge in [0.25, 0.3) is 0 Å². The molecule has 0 unspecified atom stereocenters. The van der Waals surface area contributed by atoms with Crippen molar-refractivity contribution in [3.8, 4) is 0 Å². The zero-order valence-corrected chi connectivity index (χ0v) is 9.41. The highest BCUT2D eigenvalue weighted by Gasteiger charge is 2.00. The van der Waals surface area contributed by atoms with E-state index in [0.29, 0.717) is 5.56 Å². The molecule has 1 heterocycles. The molecule has 2 heteroatoms. The predicted molar refractivity (Wildman–Crippen MR) is 70.6 cm³/mol. The zero-order valence-electron chi connectivity index (χ0n) is 9.41. The third-order valence-corrected chi connectivity index (χ3v) is 2.47. The monoisotopic (exact) mass is 223 g/mol. The molecule has 0 saturated carbocycles. The molecule has 84 valence electrons. The Morgan fingerprint density at radius 1 is 1.12 bits per heavy atom. The molecule has 0 atom stereocenters. The molecule has 0 saturated heterocycles. The van der Waals surface area contributed by atoms with Crippen molar-refractivity contribution in [2.45, 2.75) is 0 Å². The standard InChI is InChI=1S/C15H13NO/c1-2-16-12-6-9-14(16)10-11-15(17)13-7-4-3-5-8-13/h2-12H,1H2/b11-10+. The lowest BCUT2D eigenvalue weighted by Gasteiger charge is -1.97. The van der Waals surface area contributed by atoms with E-state index in [1.54, 1.807) is 30.5 Å². The minimum absolute atomic E-state index is 0.00223. The smallest absolute Gasteiger partial charge is 0.185 e. The van der Waals surface area contributed by atoms with Crippen LogP contribution in [-0.2, 0) is 0 Å². The summed E-state index contributed by atoms with van der Waals surface area (Å²) >= 11 is 0. The summed E-state index contributed by atoms with van der Waals surface area (Å²) in [6.45, 7) is 3.69. The molecule has 0 aliphatic carbocycles. The average molecular weight is 223 g/mol. The van der Waals surface area contributed by atoms with Gasteiger partial charge in [-0.2, -0.15) is 0 Å². The molecule has 0 amide bonds. The molecule has 2 nitrogen and oxygen atoms in total. The van der Waals surface area contributed by atoms with Gasteiger partial charge in [0.15, 0.2) is 5.78 Å². The van der Waals surface area contributed by atoms with Crippen molar-refractivity contribution in [3.05, 3.63) is 72.6 Å². The maximum Gasteiger partial charge on any atom is 0.185 e. The quantitative estimate of drug-likeness (QED) is 0.574. The van der Waals surface area contributed by atoms with Gasteiger partial charge in [-0.25, -0.2) is 0 Å². The van der Waals surface area contributed by atoms with Gasteiger partial charge in [0, 0.05) is 23.7 Å². The van der Waals surface area contributed by atoms with Crippen LogP contribution in [0.15, 0.2) is 61.3 Å². The van der Waals surface area contributed by atoms with E-state index >= 15 is 0 Å². The van der Waals surface area contributed by atoms with Crippen LogP contribution in [0.5, 0.6) is 0 Å². The van der Waals surface area contributed by atoms with E-state index in [1.165, 1.54) is 0 Å². The summed E-state index contributed by atoms with van der Waals surface area (Å²) in [7, 11) is 0. The molecule has 2 aromatic rings. The topological polar surface area (TPSA) is 22.0 Å². The second-order valence-corrected chi connectivity index (χ2v) is 3.59. The van der Waals surface area contributed by atoms with Gasteiger partial charge in [-0.05, 0) is 24.3 Å². The van der Waals surface area contributed by atoms with Gasteiger partial charge in [0.1, 0.15) is 0 Å². The lowest BCUT2D eigenvalue weighted by atomic mass is 10.1. The van der Waals surface area contributed by atoms with E-state index < -0.39 is 0 Å². The van der Waals surface area contributed by atoms with E-state index in [2.05, 4.69) is 6.58 Å². The lowest BCUT2D eigenvalue weighted by molar-refractivity contribution is 0.104. The molecule has 17 heavy (non-hydrogen) atoms. The van der Waals surface area contributed by atoms with Crippen LogP contribution < -0.4 is 0 Å². The number of aromatic nitrogens is 1. The minimum atomic E-state index is 0.00223. The molecule has 0 bridgehead atoms. The van der Waals surface area contributed by atoms with Crippen LogP contribution in [0.4, 0.5) is 0 Å². The van der Waals surface area contributed by atoms with Crippen LogP contribution in [0, 0.1) is 0 Å². The molecular formula is C15H13NO. The van der Waals surface area contributed by atoms with Gasteiger partial charge in [-0.1, -0.05) is 36.9 Å². The van der Waals surface area contributed by atoms with Crippen LogP contribution in [0.1, 0.15) is 16.1 Å². The molecule has 1 aromatic carbocycles. The fourth-order valence-corrected chi connectivity index (χ4v) is 1.57. The Balaban J connectivity index is 2.17. The summed E-state index contributed by atoms with van der Waals surface area (Å²) in [5.41, 5.74) is 1.63. The van der Waals surface area contributed by atoms with E-state index in [0.717, 1.165) is 5.69 Å². The van der Waals surface area contributed by atoms with Gasteiger partial charge in [-0.15, -0.1) is 0 Å². The van der Waals surface area contributed by atoms with Gasteiger partial charge >= 0.3 is 0 Å². The number of allylic oxidation sites excluding steroid dienone is 1.